The van der Waals surface area contributed by atoms with Gasteiger partial charge in [0.2, 0.25) is 0 Å². The zero-order valence-corrected chi connectivity index (χ0v) is 13.9. The molecule has 1 aromatic heterocycles. The summed E-state index contributed by atoms with van der Waals surface area (Å²) in [5.74, 6) is 2.94. The Bertz CT molecular complexity index is 396. The van der Waals surface area contributed by atoms with Crippen LogP contribution in [0.3, 0.4) is 0 Å². The van der Waals surface area contributed by atoms with E-state index in [1.165, 1.54) is 6.42 Å². The molecular weight excluding hydrogens is 264 g/mol. The first-order valence-corrected chi connectivity index (χ1v) is 8.11. The van der Waals surface area contributed by atoms with Gasteiger partial charge in [0.1, 0.15) is 17.5 Å². The van der Waals surface area contributed by atoms with Crippen molar-refractivity contribution in [2.45, 2.75) is 52.9 Å². The number of unbranched alkanes of at least 4 members (excludes halogenated alkanes) is 1. The Hall–Kier alpha value is -1.36. The molecule has 5 nitrogen and oxygen atoms in total. The van der Waals surface area contributed by atoms with Crippen molar-refractivity contribution in [3.05, 3.63) is 11.9 Å². The van der Waals surface area contributed by atoms with Crippen molar-refractivity contribution in [2.24, 2.45) is 0 Å². The molecule has 0 aliphatic heterocycles. The van der Waals surface area contributed by atoms with Crippen LogP contribution in [0.25, 0.3) is 0 Å². The fraction of sp³-hybridized carbons (Fsp3) is 0.750. The highest BCUT2D eigenvalue weighted by molar-refractivity contribution is 5.47. The summed E-state index contributed by atoms with van der Waals surface area (Å²) in [6.45, 7) is 11.8. The Morgan fingerprint density at radius 1 is 1.00 bits per heavy atom. The second-order valence-corrected chi connectivity index (χ2v) is 5.47. The molecule has 0 saturated heterocycles. The van der Waals surface area contributed by atoms with Gasteiger partial charge in [0.15, 0.2) is 0 Å². The minimum Gasteiger partial charge on any atom is -0.380 e. The molecule has 2 N–H and O–H groups in total. The van der Waals surface area contributed by atoms with Crippen LogP contribution in [-0.4, -0.2) is 36.3 Å². The van der Waals surface area contributed by atoms with Gasteiger partial charge in [0, 0.05) is 31.7 Å². The number of nitrogens with zero attached hydrogens (tertiary/aromatic N) is 2. The van der Waals surface area contributed by atoms with Gasteiger partial charge >= 0.3 is 0 Å². The molecule has 0 aliphatic carbocycles. The summed E-state index contributed by atoms with van der Waals surface area (Å²) >= 11 is 0. The third kappa shape index (κ3) is 7.27. The van der Waals surface area contributed by atoms with Crippen molar-refractivity contribution in [1.29, 1.82) is 0 Å². The van der Waals surface area contributed by atoms with Crippen molar-refractivity contribution < 1.29 is 4.74 Å². The van der Waals surface area contributed by atoms with Crippen LogP contribution in [-0.2, 0) is 4.74 Å². The quantitative estimate of drug-likeness (QED) is 0.610. The molecule has 0 aliphatic rings. The SMILES string of the molecule is CCCCOCCNc1cc(NCCC)nc(C(C)C)n1. The summed E-state index contributed by atoms with van der Waals surface area (Å²) in [4.78, 5) is 9.10. The summed E-state index contributed by atoms with van der Waals surface area (Å²) in [5, 5.41) is 6.64. The van der Waals surface area contributed by atoms with E-state index in [0.717, 1.165) is 50.0 Å². The minimum atomic E-state index is 0.315. The second kappa shape index (κ2) is 10.4. The average molecular weight is 294 g/mol. The molecule has 1 aromatic rings. The largest absolute Gasteiger partial charge is 0.380 e. The summed E-state index contributed by atoms with van der Waals surface area (Å²) in [6.07, 6.45) is 3.37. The molecule has 0 saturated carbocycles. The number of anilines is 2. The fourth-order valence-electron chi connectivity index (χ4n) is 1.76. The molecule has 0 unspecified atom stereocenters. The van der Waals surface area contributed by atoms with Crippen LogP contribution in [0.4, 0.5) is 11.6 Å². The summed E-state index contributed by atoms with van der Waals surface area (Å²) in [5.41, 5.74) is 0. The fourth-order valence-corrected chi connectivity index (χ4v) is 1.76. The zero-order chi connectivity index (χ0) is 15.5. The standard InChI is InChI=1S/C16H30N4O/c1-5-7-10-21-11-9-18-15-12-14(17-8-6-2)19-16(20-15)13(3)4/h12-13H,5-11H2,1-4H3,(H2,17,18,19,20). The number of rotatable bonds is 11. The highest BCUT2D eigenvalue weighted by atomic mass is 16.5. The Kier molecular flexibility index (Phi) is 8.74. The second-order valence-electron chi connectivity index (χ2n) is 5.47. The predicted molar refractivity (Wildman–Crippen MR) is 89.1 cm³/mol. The lowest BCUT2D eigenvalue weighted by atomic mass is 10.2. The Labute approximate surface area is 128 Å². The lowest BCUT2D eigenvalue weighted by Gasteiger charge is -2.12. The lowest BCUT2D eigenvalue weighted by molar-refractivity contribution is 0.141. The van der Waals surface area contributed by atoms with Gasteiger partial charge in [-0.1, -0.05) is 34.1 Å². The molecule has 0 amide bonds. The maximum atomic E-state index is 5.55. The third-order valence-corrected chi connectivity index (χ3v) is 3.01. The Morgan fingerprint density at radius 2 is 1.67 bits per heavy atom. The summed E-state index contributed by atoms with van der Waals surface area (Å²) in [6, 6.07) is 1.97. The minimum absolute atomic E-state index is 0.315. The lowest BCUT2D eigenvalue weighted by Crippen LogP contribution is -2.13. The smallest absolute Gasteiger partial charge is 0.135 e. The van der Waals surface area contributed by atoms with Crippen molar-refractivity contribution in [1.82, 2.24) is 9.97 Å². The molecule has 1 heterocycles. The predicted octanol–water partition coefficient (Wildman–Crippen LogP) is 3.65. The molecule has 0 fully saturated rings. The monoisotopic (exact) mass is 294 g/mol. The van der Waals surface area contributed by atoms with Crippen molar-refractivity contribution in [3.63, 3.8) is 0 Å². The van der Waals surface area contributed by atoms with Gasteiger partial charge < -0.3 is 15.4 Å². The van der Waals surface area contributed by atoms with E-state index in [-0.39, 0.29) is 0 Å². The molecular formula is C16H30N4O. The highest BCUT2D eigenvalue weighted by Gasteiger charge is 2.07. The number of aromatic nitrogens is 2. The van der Waals surface area contributed by atoms with Gasteiger partial charge in [-0.2, -0.15) is 0 Å². The molecule has 0 aromatic carbocycles. The first-order chi connectivity index (χ1) is 10.2. The van der Waals surface area contributed by atoms with Crippen LogP contribution in [0.2, 0.25) is 0 Å². The zero-order valence-electron chi connectivity index (χ0n) is 13.9. The van der Waals surface area contributed by atoms with E-state index in [9.17, 15) is 0 Å². The number of ether oxygens (including phenoxy) is 1. The number of hydrogen-bond donors (Lipinski definition) is 2. The number of nitrogens with one attached hydrogen (secondary N) is 2. The first-order valence-electron chi connectivity index (χ1n) is 8.11. The van der Waals surface area contributed by atoms with E-state index in [1.807, 2.05) is 6.07 Å². The summed E-state index contributed by atoms with van der Waals surface area (Å²) < 4.78 is 5.55. The van der Waals surface area contributed by atoms with E-state index in [0.29, 0.717) is 12.5 Å². The van der Waals surface area contributed by atoms with Crippen LogP contribution in [0.1, 0.15) is 58.7 Å². The van der Waals surface area contributed by atoms with E-state index in [1.54, 1.807) is 0 Å². The molecule has 0 spiro atoms. The molecule has 1 rings (SSSR count). The highest BCUT2D eigenvalue weighted by Crippen LogP contribution is 2.16. The van der Waals surface area contributed by atoms with Crippen molar-refractivity contribution >= 4 is 11.6 Å². The van der Waals surface area contributed by atoms with Gasteiger partial charge in [-0.3, -0.25) is 0 Å². The van der Waals surface area contributed by atoms with Crippen LogP contribution in [0.5, 0.6) is 0 Å². The van der Waals surface area contributed by atoms with Gasteiger partial charge in [-0.25, -0.2) is 9.97 Å². The maximum absolute atomic E-state index is 5.55. The van der Waals surface area contributed by atoms with Gasteiger partial charge in [0.05, 0.1) is 6.61 Å². The maximum Gasteiger partial charge on any atom is 0.135 e. The van der Waals surface area contributed by atoms with E-state index in [2.05, 4.69) is 48.3 Å². The van der Waals surface area contributed by atoms with Crippen LogP contribution >= 0.6 is 0 Å². The first kappa shape index (κ1) is 17.7. The van der Waals surface area contributed by atoms with E-state index >= 15 is 0 Å². The van der Waals surface area contributed by atoms with Crippen molar-refractivity contribution in [2.75, 3.05) is 36.9 Å². The van der Waals surface area contributed by atoms with Crippen molar-refractivity contribution in [3.8, 4) is 0 Å². The molecule has 0 radical (unpaired) electrons. The third-order valence-electron chi connectivity index (χ3n) is 3.01. The average Bonchev–Trinajstić information content (AvgIpc) is 2.48. The number of hydrogen-bond acceptors (Lipinski definition) is 5. The molecule has 120 valence electrons. The summed E-state index contributed by atoms with van der Waals surface area (Å²) in [7, 11) is 0. The molecule has 21 heavy (non-hydrogen) atoms. The topological polar surface area (TPSA) is 59.1 Å². The van der Waals surface area contributed by atoms with Gasteiger partial charge in [-0.05, 0) is 12.8 Å². The van der Waals surface area contributed by atoms with Gasteiger partial charge in [0.25, 0.3) is 0 Å². The van der Waals surface area contributed by atoms with Gasteiger partial charge in [-0.15, -0.1) is 0 Å². The van der Waals surface area contributed by atoms with Crippen LogP contribution < -0.4 is 10.6 Å². The normalized spacial score (nSPS) is 10.9. The molecule has 0 atom stereocenters. The van der Waals surface area contributed by atoms with E-state index < -0.39 is 0 Å². The van der Waals surface area contributed by atoms with Crippen LogP contribution in [0.15, 0.2) is 6.07 Å². The van der Waals surface area contributed by atoms with E-state index in [4.69, 9.17) is 4.74 Å². The molecule has 0 bridgehead atoms. The Balaban J connectivity index is 2.52. The van der Waals surface area contributed by atoms with Crippen LogP contribution in [0, 0.1) is 0 Å². The molecule has 5 heteroatoms. The Morgan fingerprint density at radius 3 is 2.24 bits per heavy atom.